The molecule has 0 rings (SSSR count). The van der Waals surface area contributed by atoms with Gasteiger partial charge in [-0.1, -0.05) is 6.92 Å². The maximum atomic E-state index is 11.5. The van der Waals surface area contributed by atoms with Gasteiger partial charge >= 0.3 is 0 Å². The SMILES string of the molecule is CC(CN)C(=O)N(CCO)CCO. The zero-order valence-electron chi connectivity index (χ0n) is 7.94. The molecule has 78 valence electrons. The molecule has 4 N–H and O–H groups in total. The second kappa shape index (κ2) is 6.82. The van der Waals surface area contributed by atoms with Gasteiger partial charge in [0.15, 0.2) is 0 Å². The summed E-state index contributed by atoms with van der Waals surface area (Å²) < 4.78 is 0. The van der Waals surface area contributed by atoms with Gasteiger partial charge in [-0.15, -0.1) is 0 Å². The third-order valence-corrected chi connectivity index (χ3v) is 1.83. The number of hydrogen-bond acceptors (Lipinski definition) is 4. The van der Waals surface area contributed by atoms with Crippen molar-refractivity contribution in [2.75, 3.05) is 32.8 Å². The van der Waals surface area contributed by atoms with E-state index in [2.05, 4.69) is 0 Å². The molecule has 0 spiro atoms. The number of rotatable bonds is 6. The minimum absolute atomic E-state index is 0.0942. The van der Waals surface area contributed by atoms with Crippen LogP contribution in [0.25, 0.3) is 0 Å². The molecule has 1 atom stereocenters. The van der Waals surface area contributed by atoms with Crippen molar-refractivity contribution < 1.29 is 15.0 Å². The molecule has 13 heavy (non-hydrogen) atoms. The molecule has 5 nitrogen and oxygen atoms in total. The lowest BCUT2D eigenvalue weighted by Gasteiger charge is -2.23. The van der Waals surface area contributed by atoms with Gasteiger partial charge in [-0.2, -0.15) is 0 Å². The summed E-state index contributed by atoms with van der Waals surface area (Å²) in [5.41, 5.74) is 5.33. The van der Waals surface area contributed by atoms with Crippen molar-refractivity contribution in [2.45, 2.75) is 6.92 Å². The fourth-order valence-electron chi connectivity index (χ4n) is 0.986. The first kappa shape index (κ1) is 12.3. The fraction of sp³-hybridized carbons (Fsp3) is 0.875. The third kappa shape index (κ3) is 4.21. The molecule has 5 heteroatoms. The van der Waals surface area contributed by atoms with Crippen LogP contribution >= 0.6 is 0 Å². The van der Waals surface area contributed by atoms with Gasteiger partial charge in [-0.3, -0.25) is 4.79 Å². The van der Waals surface area contributed by atoms with E-state index in [0.717, 1.165) is 0 Å². The van der Waals surface area contributed by atoms with Gasteiger partial charge in [0, 0.05) is 25.6 Å². The summed E-state index contributed by atoms with van der Waals surface area (Å²) in [6.07, 6.45) is 0. The van der Waals surface area contributed by atoms with E-state index >= 15 is 0 Å². The van der Waals surface area contributed by atoms with Gasteiger partial charge in [0.1, 0.15) is 0 Å². The summed E-state index contributed by atoms with van der Waals surface area (Å²) >= 11 is 0. The smallest absolute Gasteiger partial charge is 0.226 e. The molecular formula is C8H18N2O3. The molecule has 0 saturated heterocycles. The highest BCUT2D eigenvalue weighted by Crippen LogP contribution is 1.99. The Balaban J connectivity index is 4.09. The van der Waals surface area contributed by atoms with E-state index in [1.54, 1.807) is 6.92 Å². The summed E-state index contributed by atoms with van der Waals surface area (Å²) in [7, 11) is 0. The minimum atomic E-state index is -0.252. The van der Waals surface area contributed by atoms with Crippen LogP contribution in [0, 0.1) is 5.92 Å². The molecule has 0 aromatic carbocycles. The lowest BCUT2D eigenvalue weighted by molar-refractivity contribution is -0.135. The maximum Gasteiger partial charge on any atom is 0.226 e. The van der Waals surface area contributed by atoms with Crippen molar-refractivity contribution in [3.63, 3.8) is 0 Å². The molecule has 0 fully saturated rings. The van der Waals surface area contributed by atoms with E-state index in [9.17, 15) is 4.79 Å². The molecule has 0 aromatic rings. The predicted molar refractivity (Wildman–Crippen MR) is 49.0 cm³/mol. The number of carbonyl (C=O) groups excluding carboxylic acids is 1. The molecule has 0 aliphatic heterocycles. The first-order valence-corrected chi connectivity index (χ1v) is 4.38. The Morgan fingerprint density at radius 3 is 2.15 bits per heavy atom. The summed E-state index contributed by atoms with van der Waals surface area (Å²) in [5.74, 6) is -0.372. The predicted octanol–water partition coefficient (Wildman–Crippen LogP) is -1.61. The standard InChI is InChI=1S/C8H18N2O3/c1-7(6-9)8(13)10(2-4-11)3-5-12/h7,11-12H,2-6,9H2,1H3. The van der Waals surface area contributed by atoms with Crippen LogP contribution in [0.4, 0.5) is 0 Å². The van der Waals surface area contributed by atoms with Crippen LogP contribution in [0.1, 0.15) is 6.92 Å². The average molecular weight is 190 g/mol. The van der Waals surface area contributed by atoms with E-state index in [0.29, 0.717) is 0 Å². The zero-order chi connectivity index (χ0) is 10.3. The molecular weight excluding hydrogens is 172 g/mol. The van der Waals surface area contributed by atoms with Crippen LogP contribution < -0.4 is 5.73 Å². The summed E-state index contributed by atoms with van der Waals surface area (Å²) in [6, 6.07) is 0. The fourth-order valence-corrected chi connectivity index (χ4v) is 0.986. The van der Waals surface area contributed by atoms with Gasteiger partial charge < -0.3 is 20.8 Å². The molecule has 0 radical (unpaired) electrons. The van der Waals surface area contributed by atoms with Crippen molar-refractivity contribution in [2.24, 2.45) is 11.7 Å². The van der Waals surface area contributed by atoms with Crippen LogP contribution in [0.2, 0.25) is 0 Å². The Kier molecular flexibility index (Phi) is 6.48. The number of nitrogens with zero attached hydrogens (tertiary/aromatic N) is 1. The molecule has 1 amide bonds. The number of amides is 1. The van der Waals surface area contributed by atoms with Crippen molar-refractivity contribution in [3.8, 4) is 0 Å². The second-order valence-electron chi connectivity index (χ2n) is 2.91. The van der Waals surface area contributed by atoms with Crippen LogP contribution in [-0.4, -0.2) is 53.9 Å². The Morgan fingerprint density at radius 2 is 1.85 bits per heavy atom. The van der Waals surface area contributed by atoms with Crippen LogP contribution in [0.3, 0.4) is 0 Å². The summed E-state index contributed by atoms with van der Waals surface area (Å²) in [5, 5.41) is 17.3. The third-order valence-electron chi connectivity index (χ3n) is 1.83. The molecule has 0 aliphatic rings. The van der Waals surface area contributed by atoms with Gasteiger partial charge in [-0.05, 0) is 0 Å². The van der Waals surface area contributed by atoms with Crippen molar-refractivity contribution in [1.29, 1.82) is 0 Å². The quantitative estimate of drug-likeness (QED) is 0.470. The van der Waals surface area contributed by atoms with Crippen molar-refractivity contribution in [3.05, 3.63) is 0 Å². The molecule has 0 aliphatic carbocycles. The van der Waals surface area contributed by atoms with Gasteiger partial charge in [0.2, 0.25) is 5.91 Å². The molecule has 1 unspecified atom stereocenters. The van der Waals surface area contributed by atoms with E-state index in [-0.39, 0.29) is 44.7 Å². The first-order chi connectivity index (χ1) is 6.17. The minimum Gasteiger partial charge on any atom is -0.395 e. The lowest BCUT2D eigenvalue weighted by atomic mass is 10.1. The highest BCUT2D eigenvalue weighted by atomic mass is 16.3. The van der Waals surface area contributed by atoms with E-state index in [4.69, 9.17) is 15.9 Å². The average Bonchev–Trinajstić information content (AvgIpc) is 2.15. The number of aliphatic hydroxyl groups is 2. The number of aliphatic hydroxyl groups excluding tert-OH is 2. The number of carbonyl (C=O) groups is 1. The normalized spacial score (nSPS) is 12.6. The van der Waals surface area contributed by atoms with Crippen molar-refractivity contribution >= 4 is 5.91 Å². The zero-order valence-corrected chi connectivity index (χ0v) is 7.94. The van der Waals surface area contributed by atoms with Gasteiger partial charge in [0.05, 0.1) is 13.2 Å². The molecule has 0 saturated carbocycles. The van der Waals surface area contributed by atoms with Gasteiger partial charge in [0.25, 0.3) is 0 Å². The Labute approximate surface area is 78.1 Å². The monoisotopic (exact) mass is 190 g/mol. The van der Waals surface area contributed by atoms with Crippen LogP contribution in [0.5, 0.6) is 0 Å². The van der Waals surface area contributed by atoms with Gasteiger partial charge in [-0.25, -0.2) is 0 Å². The topological polar surface area (TPSA) is 86.8 Å². The number of hydrogen-bond donors (Lipinski definition) is 3. The Hall–Kier alpha value is -0.650. The van der Waals surface area contributed by atoms with E-state index < -0.39 is 0 Å². The van der Waals surface area contributed by atoms with E-state index in [1.807, 2.05) is 0 Å². The Morgan fingerprint density at radius 1 is 1.38 bits per heavy atom. The summed E-state index contributed by atoms with van der Waals surface area (Å²) in [6.45, 7) is 2.33. The van der Waals surface area contributed by atoms with Crippen molar-refractivity contribution in [1.82, 2.24) is 4.90 Å². The van der Waals surface area contributed by atoms with E-state index in [1.165, 1.54) is 4.90 Å². The Bertz CT molecular complexity index is 146. The first-order valence-electron chi connectivity index (χ1n) is 4.38. The molecule has 0 bridgehead atoms. The lowest BCUT2D eigenvalue weighted by Crippen LogP contribution is -2.41. The summed E-state index contributed by atoms with van der Waals surface area (Å²) in [4.78, 5) is 12.9. The second-order valence-corrected chi connectivity index (χ2v) is 2.91. The van der Waals surface area contributed by atoms with Crippen LogP contribution in [0.15, 0.2) is 0 Å². The number of nitrogens with two attached hydrogens (primary N) is 1. The molecule has 0 heterocycles. The van der Waals surface area contributed by atoms with Crippen LogP contribution in [-0.2, 0) is 4.79 Å². The maximum absolute atomic E-state index is 11.5. The highest BCUT2D eigenvalue weighted by molar-refractivity contribution is 5.78. The molecule has 0 aromatic heterocycles. The largest absolute Gasteiger partial charge is 0.395 e. The highest BCUT2D eigenvalue weighted by Gasteiger charge is 2.17.